The van der Waals surface area contributed by atoms with E-state index in [2.05, 4.69) is 0 Å². The molecule has 0 fully saturated rings. The van der Waals surface area contributed by atoms with Crippen LogP contribution in [0.15, 0.2) is 34.5 Å². The fourth-order valence-electron chi connectivity index (χ4n) is 1.84. The highest BCUT2D eigenvalue weighted by molar-refractivity contribution is 7.89. The minimum atomic E-state index is -3.70. The Bertz CT molecular complexity index is 731. The van der Waals surface area contributed by atoms with Gasteiger partial charge >= 0.3 is 0 Å². The molecule has 0 aliphatic heterocycles. The highest BCUT2D eigenvalue weighted by atomic mass is 35.5. The minimum absolute atomic E-state index is 0.0214. The Morgan fingerprint density at radius 2 is 2.00 bits per heavy atom. The highest BCUT2D eigenvalue weighted by Crippen LogP contribution is 2.32. The molecule has 0 bridgehead atoms. The molecule has 8 heteroatoms. The lowest BCUT2D eigenvalue weighted by molar-refractivity contribution is 0.469. The molecule has 0 amide bonds. The number of sulfonamides is 1. The fourth-order valence-corrected chi connectivity index (χ4v) is 4.73. The largest absolute Gasteiger partial charge is 0.326 e. The Morgan fingerprint density at radius 1 is 1.29 bits per heavy atom. The van der Waals surface area contributed by atoms with Crippen LogP contribution in [0.25, 0.3) is 0 Å². The van der Waals surface area contributed by atoms with Gasteiger partial charge in [-0.2, -0.15) is 4.31 Å². The van der Waals surface area contributed by atoms with E-state index in [1.807, 2.05) is 17.5 Å². The fraction of sp³-hybridized carbons (Fsp3) is 0.231. The van der Waals surface area contributed by atoms with E-state index in [1.165, 1.54) is 34.8 Å². The van der Waals surface area contributed by atoms with Crippen LogP contribution in [0.4, 0.5) is 0 Å². The van der Waals surface area contributed by atoms with Crippen LogP contribution < -0.4 is 5.73 Å². The van der Waals surface area contributed by atoms with E-state index in [0.29, 0.717) is 10.6 Å². The van der Waals surface area contributed by atoms with Gasteiger partial charge in [-0.05, 0) is 23.6 Å². The van der Waals surface area contributed by atoms with Crippen LogP contribution in [0, 0.1) is 0 Å². The van der Waals surface area contributed by atoms with Crippen molar-refractivity contribution >= 4 is 44.6 Å². The smallest absolute Gasteiger partial charge is 0.244 e. The van der Waals surface area contributed by atoms with Crippen molar-refractivity contribution in [1.82, 2.24) is 4.31 Å². The SMILES string of the molecule is CN(Cc1cccs1)S(=O)(=O)c1ccc(Cl)c(CN)c1Cl. The average Bonchev–Trinajstić information content (AvgIpc) is 2.91. The second-order valence-electron chi connectivity index (χ2n) is 4.38. The average molecular weight is 365 g/mol. The number of thiophene rings is 1. The number of nitrogens with zero attached hydrogens (tertiary/aromatic N) is 1. The molecule has 4 nitrogen and oxygen atoms in total. The zero-order valence-electron chi connectivity index (χ0n) is 11.2. The summed E-state index contributed by atoms with van der Waals surface area (Å²) in [4.78, 5) is 0.971. The highest BCUT2D eigenvalue weighted by Gasteiger charge is 2.26. The van der Waals surface area contributed by atoms with Gasteiger partial charge in [-0.15, -0.1) is 11.3 Å². The lowest BCUT2D eigenvalue weighted by atomic mass is 10.2. The molecular weight excluding hydrogens is 351 g/mol. The molecule has 0 spiro atoms. The van der Waals surface area contributed by atoms with Gasteiger partial charge in [-0.3, -0.25) is 0 Å². The molecule has 114 valence electrons. The monoisotopic (exact) mass is 364 g/mol. The lowest BCUT2D eigenvalue weighted by Gasteiger charge is -2.18. The first-order chi connectivity index (χ1) is 9.87. The number of hydrogen-bond acceptors (Lipinski definition) is 4. The summed E-state index contributed by atoms with van der Waals surface area (Å²) in [6.45, 7) is 0.368. The molecule has 2 aromatic rings. The summed E-state index contributed by atoms with van der Waals surface area (Å²) in [7, 11) is -2.19. The molecule has 0 aliphatic carbocycles. The van der Waals surface area contributed by atoms with Gasteiger partial charge < -0.3 is 5.73 Å². The summed E-state index contributed by atoms with van der Waals surface area (Å²) in [5, 5.41) is 2.35. The molecule has 0 saturated carbocycles. The Morgan fingerprint density at radius 3 is 2.57 bits per heavy atom. The van der Waals surface area contributed by atoms with Crippen molar-refractivity contribution in [3.63, 3.8) is 0 Å². The van der Waals surface area contributed by atoms with Gasteiger partial charge in [0.1, 0.15) is 4.90 Å². The first kappa shape index (κ1) is 16.7. The van der Waals surface area contributed by atoms with Gasteiger partial charge in [0, 0.05) is 35.6 Å². The Labute approximate surface area is 138 Å². The van der Waals surface area contributed by atoms with Crippen LogP contribution in [-0.2, 0) is 23.1 Å². The molecular formula is C13H14Cl2N2O2S2. The van der Waals surface area contributed by atoms with Gasteiger partial charge in [0.2, 0.25) is 10.0 Å². The van der Waals surface area contributed by atoms with E-state index in [-0.39, 0.29) is 23.0 Å². The summed E-state index contributed by atoms with van der Waals surface area (Å²) in [5.41, 5.74) is 6.01. The van der Waals surface area contributed by atoms with Gasteiger partial charge in [-0.1, -0.05) is 29.3 Å². The molecule has 1 heterocycles. The van der Waals surface area contributed by atoms with Crippen LogP contribution in [0.3, 0.4) is 0 Å². The topological polar surface area (TPSA) is 63.4 Å². The second-order valence-corrected chi connectivity index (χ2v) is 8.21. The van der Waals surface area contributed by atoms with Crippen LogP contribution >= 0.6 is 34.5 Å². The maximum atomic E-state index is 12.6. The zero-order valence-corrected chi connectivity index (χ0v) is 14.4. The van der Waals surface area contributed by atoms with Crippen LogP contribution in [0.1, 0.15) is 10.4 Å². The zero-order chi connectivity index (χ0) is 15.6. The molecule has 2 N–H and O–H groups in total. The first-order valence-corrected chi connectivity index (χ1v) is 9.11. The van der Waals surface area contributed by atoms with Crippen molar-refractivity contribution in [2.75, 3.05) is 7.05 Å². The second kappa shape index (κ2) is 6.64. The third-order valence-corrected chi connectivity index (χ3v) is 6.61. The molecule has 21 heavy (non-hydrogen) atoms. The molecule has 0 atom stereocenters. The predicted octanol–water partition coefficient (Wildman–Crippen LogP) is 3.33. The predicted molar refractivity (Wildman–Crippen MR) is 87.3 cm³/mol. The molecule has 0 radical (unpaired) electrons. The van der Waals surface area contributed by atoms with Crippen molar-refractivity contribution < 1.29 is 8.42 Å². The maximum absolute atomic E-state index is 12.6. The third kappa shape index (κ3) is 3.41. The van der Waals surface area contributed by atoms with E-state index in [0.717, 1.165) is 4.88 Å². The van der Waals surface area contributed by atoms with E-state index in [4.69, 9.17) is 28.9 Å². The number of rotatable bonds is 5. The Hall–Kier alpha value is -0.630. The quantitative estimate of drug-likeness (QED) is 0.884. The Balaban J connectivity index is 2.40. The number of hydrogen-bond donors (Lipinski definition) is 1. The molecule has 0 aliphatic rings. The molecule has 0 unspecified atom stereocenters. The normalized spacial score (nSPS) is 12.0. The molecule has 1 aromatic heterocycles. The molecule has 2 rings (SSSR count). The summed E-state index contributed by atoms with van der Waals surface area (Å²) in [6.07, 6.45) is 0. The van der Waals surface area contributed by atoms with Crippen molar-refractivity contribution in [1.29, 1.82) is 0 Å². The van der Waals surface area contributed by atoms with E-state index in [1.54, 1.807) is 0 Å². The van der Waals surface area contributed by atoms with Gasteiger partial charge in [0.05, 0.1) is 5.02 Å². The summed E-state index contributed by atoms with van der Waals surface area (Å²) in [5.74, 6) is 0. The maximum Gasteiger partial charge on any atom is 0.244 e. The first-order valence-electron chi connectivity index (χ1n) is 6.03. The molecule has 1 aromatic carbocycles. The molecule has 0 saturated heterocycles. The van der Waals surface area contributed by atoms with Crippen molar-refractivity contribution in [2.45, 2.75) is 18.0 Å². The summed E-state index contributed by atoms with van der Waals surface area (Å²) >= 11 is 13.6. The summed E-state index contributed by atoms with van der Waals surface area (Å²) < 4.78 is 26.5. The van der Waals surface area contributed by atoms with E-state index >= 15 is 0 Å². The van der Waals surface area contributed by atoms with Gasteiger partial charge in [-0.25, -0.2) is 8.42 Å². The number of halogens is 2. The van der Waals surface area contributed by atoms with Crippen LogP contribution in [0.2, 0.25) is 10.0 Å². The summed E-state index contributed by atoms with van der Waals surface area (Å²) in [6, 6.07) is 6.67. The lowest BCUT2D eigenvalue weighted by Crippen LogP contribution is -2.26. The number of nitrogens with two attached hydrogens (primary N) is 1. The van der Waals surface area contributed by atoms with Crippen molar-refractivity contribution in [2.24, 2.45) is 5.73 Å². The Kier molecular flexibility index (Phi) is 5.29. The van der Waals surface area contributed by atoms with Crippen molar-refractivity contribution in [3.05, 3.63) is 50.1 Å². The van der Waals surface area contributed by atoms with Crippen molar-refractivity contribution in [3.8, 4) is 0 Å². The van der Waals surface area contributed by atoms with Gasteiger partial charge in [0.25, 0.3) is 0 Å². The van der Waals surface area contributed by atoms with E-state index in [9.17, 15) is 8.42 Å². The van der Waals surface area contributed by atoms with Gasteiger partial charge in [0.15, 0.2) is 0 Å². The van der Waals surface area contributed by atoms with E-state index < -0.39 is 10.0 Å². The standard InChI is InChI=1S/C13H14Cl2N2O2S2/c1-17(8-9-3-2-6-20-9)21(18,19)12-5-4-11(14)10(7-16)13(12)15/h2-6H,7-8,16H2,1H3. The minimum Gasteiger partial charge on any atom is -0.326 e. The van der Waals surface area contributed by atoms with Crippen LogP contribution in [-0.4, -0.2) is 19.8 Å². The van der Waals surface area contributed by atoms with Crippen LogP contribution in [0.5, 0.6) is 0 Å². The number of benzene rings is 1. The third-order valence-electron chi connectivity index (χ3n) is 3.00.